The minimum Gasteiger partial charge on any atom is -2.00 e. The minimum atomic E-state index is 0. The van der Waals surface area contributed by atoms with Crippen LogP contribution in [-0.2, 0) is 32.7 Å². The van der Waals surface area contributed by atoms with E-state index < -0.39 is 0 Å². The van der Waals surface area contributed by atoms with Crippen LogP contribution < -0.4 is 42.0 Å². The van der Waals surface area contributed by atoms with Crippen molar-refractivity contribution in [2.75, 3.05) is 0 Å². The first kappa shape index (κ1) is 90.3. The van der Waals surface area contributed by atoms with E-state index in [0.29, 0.717) is 0 Å². The molecule has 2 nitrogen and oxygen atoms in total. The topological polar surface area (TPSA) is 57.0 Å². The van der Waals surface area contributed by atoms with Crippen molar-refractivity contribution in [3.05, 3.63) is 0 Å². The molecular weight excluding hydrogens is 192 g/mol. The molecule has 0 N–H and O–H groups in total. The Balaban J connectivity index is 0. The maximum absolute atomic E-state index is 0. The van der Waals surface area contributed by atoms with Crippen LogP contribution in [0, 0.1) is 0 Å². The minimum absolute atomic E-state index is 0. The quantitative estimate of drug-likeness (QED) is 0.343. The Morgan fingerprint density at radius 3 is 0.714 bits per heavy atom. The second kappa shape index (κ2) is 64.2. The van der Waals surface area contributed by atoms with Crippen LogP contribution in [0.4, 0.5) is 0 Å². The molecule has 0 aromatic rings. The first-order valence-corrected chi connectivity index (χ1v) is 0. The van der Waals surface area contributed by atoms with Gasteiger partial charge >= 0.3 is 86.0 Å². The van der Waals surface area contributed by atoms with Gasteiger partial charge in [-0.2, -0.15) is 0 Å². The molecule has 0 spiro atoms. The van der Waals surface area contributed by atoms with Crippen LogP contribution in [0.15, 0.2) is 0 Å². The fraction of sp³-hybridized carbons (Fsp3) is 0. The van der Waals surface area contributed by atoms with Crippen molar-refractivity contribution in [3.63, 3.8) is 0 Å². The van der Waals surface area contributed by atoms with Crippen LogP contribution in [0.5, 0.6) is 0 Å². The van der Waals surface area contributed by atoms with Crippen LogP contribution in [-0.4, -0.2) is 34.7 Å². The van der Waals surface area contributed by atoms with E-state index in [2.05, 4.69) is 0 Å². The molecule has 0 aromatic carbocycles. The van der Waals surface area contributed by atoms with E-state index in [1.54, 1.807) is 0 Å². The number of halogens is 1. The maximum Gasteiger partial charge on any atom is 4.00 e. The molecule has 0 unspecified atom stereocenters. The standard InChI is InChI=1S/2Al.ClH.Na.2O.Ti/h;;1H;;;;/q2*+3;;+1;2*-2;+4/p-1. The Kier molecular flexibility index (Phi) is 829. The van der Waals surface area contributed by atoms with Gasteiger partial charge in [0.25, 0.3) is 0 Å². The van der Waals surface area contributed by atoms with Crippen molar-refractivity contribution >= 4 is 34.7 Å². The fourth-order valence-electron chi connectivity index (χ4n) is 0. The van der Waals surface area contributed by atoms with E-state index in [4.69, 9.17) is 0 Å². The largest absolute Gasteiger partial charge is 4.00 e. The van der Waals surface area contributed by atoms with Gasteiger partial charge < -0.3 is 23.4 Å². The van der Waals surface area contributed by atoms with Gasteiger partial charge in [-0.1, -0.05) is 0 Å². The smallest absolute Gasteiger partial charge is 2.00 e. The second-order valence-corrected chi connectivity index (χ2v) is 0. The van der Waals surface area contributed by atoms with E-state index >= 15 is 0 Å². The molecule has 7 heavy (non-hydrogen) atoms. The predicted octanol–water partition coefficient (Wildman–Crippen LogP) is -6.99. The summed E-state index contributed by atoms with van der Waals surface area (Å²) in [6, 6.07) is 0. The Morgan fingerprint density at radius 1 is 0.714 bits per heavy atom. The van der Waals surface area contributed by atoms with Gasteiger partial charge in [0.15, 0.2) is 0 Å². The Labute approximate surface area is 108 Å². The fourth-order valence-corrected chi connectivity index (χ4v) is 0. The molecule has 0 aromatic heterocycles. The van der Waals surface area contributed by atoms with Crippen LogP contribution >= 0.6 is 0 Å². The van der Waals surface area contributed by atoms with Gasteiger partial charge in [0, 0.05) is 0 Å². The summed E-state index contributed by atoms with van der Waals surface area (Å²) in [6.07, 6.45) is 0. The van der Waals surface area contributed by atoms with Crippen molar-refractivity contribution in [3.8, 4) is 0 Å². The molecule has 0 bridgehead atoms. The van der Waals surface area contributed by atoms with Crippen LogP contribution in [0.25, 0.3) is 0 Å². The Hall–Kier alpha value is 2.99. The summed E-state index contributed by atoms with van der Waals surface area (Å²) in [7, 11) is 0. The summed E-state index contributed by atoms with van der Waals surface area (Å²) in [6.45, 7) is 0. The summed E-state index contributed by atoms with van der Waals surface area (Å²) in [5.74, 6) is 0. The van der Waals surface area contributed by atoms with Gasteiger partial charge in [-0.25, -0.2) is 0 Å². The van der Waals surface area contributed by atoms with Crippen molar-refractivity contribution in [2.45, 2.75) is 0 Å². The van der Waals surface area contributed by atoms with Gasteiger partial charge in [-0.3, -0.25) is 0 Å². The monoisotopic (exact) mass is 192 g/mol. The molecular formula is Al2ClNaO2Ti+6. The zero-order valence-electron chi connectivity index (χ0n) is 3.85. The molecule has 0 aliphatic rings. The summed E-state index contributed by atoms with van der Waals surface area (Å²) in [4.78, 5) is 0. The van der Waals surface area contributed by atoms with E-state index in [1.807, 2.05) is 0 Å². The van der Waals surface area contributed by atoms with Gasteiger partial charge in [0.1, 0.15) is 0 Å². The average molecular weight is 192 g/mol. The van der Waals surface area contributed by atoms with E-state index in [0.717, 1.165) is 0 Å². The molecule has 0 aliphatic heterocycles. The Morgan fingerprint density at radius 2 is 0.714 bits per heavy atom. The van der Waals surface area contributed by atoms with Crippen molar-refractivity contribution in [2.24, 2.45) is 0 Å². The zero-order chi connectivity index (χ0) is 0. The molecule has 0 aliphatic carbocycles. The van der Waals surface area contributed by atoms with E-state index in [-0.39, 0.29) is 109 Å². The molecule has 0 radical (unpaired) electrons. The molecule has 0 saturated heterocycles. The van der Waals surface area contributed by atoms with Gasteiger partial charge in [-0.15, -0.1) is 0 Å². The third-order valence-corrected chi connectivity index (χ3v) is 0. The molecule has 0 fully saturated rings. The van der Waals surface area contributed by atoms with Crippen molar-refractivity contribution < 1.29 is 74.6 Å². The Bertz CT molecular complexity index is 15.7. The third-order valence-electron chi connectivity index (χ3n) is 0. The molecule has 7 heteroatoms. The normalized spacial score (nSPS) is 0. The van der Waals surface area contributed by atoms with Crippen molar-refractivity contribution in [1.29, 1.82) is 0 Å². The summed E-state index contributed by atoms with van der Waals surface area (Å²) in [5, 5.41) is 0. The summed E-state index contributed by atoms with van der Waals surface area (Å²) in [5.41, 5.74) is 0. The molecule has 0 rings (SSSR count). The van der Waals surface area contributed by atoms with Crippen LogP contribution in [0.2, 0.25) is 0 Å². The summed E-state index contributed by atoms with van der Waals surface area (Å²) >= 11 is 0. The van der Waals surface area contributed by atoms with Crippen LogP contribution in [0.1, 0.15) is 0 Å². The number of hydrogen-bond donors (Lipinski definition) is 0. The van der Waals surface area contributed by atoms with Crippen molar-refractivity contribution in [1.82, 2.24) is 0 Å². The molecule has 0 atom stereocenters. The first-order valence-electron chi connectivity index (χ1n) is 0. The van der Waals surface area contributed by atoms with Crippen LogP contribution in [0.3, 0.4) is 0 Å². The third kappa shape index (κ3) is 49.1. The molecule has 24 valence electrons. The number of rotatable bonds is 0. The predicted molar refractivity (Wildman–Crippen MR) is 12.9 cm³/mol. The first-order chi connectivity index (χ1) is 0. The zero-order valence-corrected chi connectivity index (χ0v) is 10.5. The molecule has 0 amide bonds. The van der Waals surface area contributed by atoms with Gasteiger partial charge in [0.05, 0.1) is 0 Å². The molecule has 0 heterocycles. The van der Waals surface area contributed by atoms with Gasteiger partial charge in [0.2, 0.25) is 0 Å². The van der Waals surface area contributed by atoms with E-state index in [9.17, 15) is 0 Å². The maximum atomic E-state index is 0. The van der Waals surface area contributed by atoms with Gasteiger partial charge in [-0.05, 0) is 0 Å². The second-order valence-electron chi connectivity index (χ2n) is 0. The number of hydrogen-bond acceptors (Lipinski definition) is 0. The average Bonchev–Trinajstić information content (AvgIpc) is 0. The van der Waals surface area contributed by atoms with E-state index in [1.165, 1.54) is 0 Å². The molecule has 0 saturated carbocycles. The SMILES string of the molecule is [Al+3].[Al+3].[Cl-].[Na+].[O-2].[O-2].[Ti+4]. The summed E-state index contributed by atoms with van der Waals surface area (Å²) < 4.78 is 0.